The van der Waals surface area contributed by atoms with Crippen molar-refractivity contribution in [2.75, 3.05) is 12.3 Å². The largest absolute Gasteiger partial charge is 0.462 e. The third-order valence-electron chi connectivity index (χ3n) is 3.52. The zero-order valence-corrected chi connectivity index (χ0v) is 14.0. The number of nitrogens with zero attached hydrogens (tertiary/aromatic N) is 2. The summed E-state index contributed by atoms with van der Waals surface area (Å²) in [6.07, 6.45) is 0. The molecule has 0 radical (unpaired) electrons. The number of aromatic nitrogens is 2. The van der Waals surface area contributed by atoms with E-state index in [0.29, 0.717) is 16.3 Å². The van der Waals surface area contributed by atoms with E-state index in [4.69, 9.17) is 10.5 Å². The van der Waals surface area contributed by atoms with Crippen LogP contribution >= 0.6 is 11.3 Å². The van der Waals surface area contributed by atoms with E-state index in [2.05, 4.69) is 16.0 Å². The van der Waals surface area contributed by atoms with E-state index in [9.17, 15) is 4.79 Å². The molecule has 118 valence electrons. The Morgan fingerprint density at radius 2 is 2.04 bits per heavy atom. The number of ether oxygens (including phenoxy) is 1. The molecule has 1 aromatic carbocycles. The molecule has 0 aliphatic carbocycles. The van der Waals surface area contributed by atoms with E-state index in [-0.39, 0.29) is 11.9 Å². The maximum Gasteiger partial charge on any atom is 0.348 e. The van der Waals surface area contributed by atoms with E-state index in [1.807, 2.05) is 26.0 Å². The molecule has 2 heterocycles. The molecule has 0 saturated heterocycles. The molecular weight excluding hydrogens is 310 g/mol. The lowest BCUT2D eigenvalue weighted by atomic mass is 10.0. The maximum absolute atomic E-state index is 12.0. The highest BCUT2D eigenvalue weighted by atomic mass is 32.1. The van der Waals surface area contributed by atoms with E-state index in [1.165, 1.54) is 16.9 Å². The van der Waals surface area contributed by atoms with Gasteiger partial charge in [0.15, 0.2) is 0 Å². The van der Waals surface area contributed by atoms with Crippen molar-refractivity contribution in [3.8, 4) is 11.3 Å². The Balaban J connectivity index is 2.22. The fourth-order valence-corrected chi connectivity index (χ4v) is 3.46. The van der Waals surface area contributed by atoms with Crippen LogP contribution in [0.5, 0.6) is 0 Å². The summed E-state index contributed by atoms with van der Waals surface area (Å²) < 4.78 is 5.06. The first-order valence-electron chi connectivity index (χ1n) is 7.31. The topological polar surface area (TPSA) is 78.1 Å². The number of hydrogen-bond donors (Lipinski definition) is 1. The quantitative estimate of drug-likeness (QED) is 0.742. The Morgan fingerprint density at radius 1 is 1.26 bits per heavy atom. The van der Waals surface area contributed by atoms with Gasteiger partial charge in [0.25, 0.3) is 0 Å². The first-order chi connectivity index (χ1) is 11.0. The highest BCUT2D eigenvalue weighted by Gasteiger charge is 2.17. The number of thiophene rings is 1. The van der Waals surface area contributed by atoms with Crippen molar-refractivity contribution in [2.24, 2.45) is 0 Å². The molecule has 0 atom stereocenters. The fraction of sp³-hybridized carbons (Fsp3) is 0.235. The molecule has 3 aromatic rings. The van der Waals surface area contributed by atoms with Crippen LogP contribution in [0.3, 0.4) is 0 Å². The van der Waals surface area contributed by atoms with E-state index < -0.39 is 0 Å². The Morgan fingerprint density at radius 3 is 2.74 bits per heavy atom. The lowest BCUT2D eigenvalue weighted by Gasteiger charge is -2.08. The Hall–Kier alpha value is -2.47. The molecule has 0 amide bonds. The number of carbonyl (C=O) groups excluding carboxylic acids is 1. The lowest BCUT2D eigenvalue weighted by molar-refractivity contribution is 0.0532. The van der Waals surface area contributed by atoms with Crippen LogP contribution in [0.4, 0.5) is 5.95 Å². The first-order valence-corrected chi connectivity index (χ1v) is 8.13. The smallest absolute Gasteiger partial charge is 0.348 e. The van der Waals surface area contributed by atoms with Gasteiger partial charge in [0, 0.05) is 10.9 Å². The average Bonchev–Trinajstić information content (AvgIpc) is 2.91. The number of rotatable bonds is 3. The molecule has 0 bridgehead atoms. The van der Waals surface area contributed by atoms with Gasteiger partial charge >= 0.3 is 5.97 Å². The molecule has 0 spiro atoms. The minimum absolute atomic E-state index is 0.199. The van der Waals surface area contributed by atoms with Crippen LogP contribution in [0.2, 0.25) is 0 Å². The van der Waals surface area contributed by atoms with Crippen LogP contribution in [-0.2, 0) is 4.74 Å². The molecule has 2 aromatic heterocycles. The number of aryl methyl sites for hydroxylation is 2. The number of hydrogen-bond acceptors (Lipinski definition) is 6. The Kier molecular flexibility index (Phi) is 4.00. The molecule has 0 aliphatic rings. The second kappa shape index (κ2) is 5.96. The van der Waals surface area contributed by atoms with Crippen molar-refractivity contribution in [2.45, 2.75) is 20.8 Å². The van der Waals surface area contributed by atoms with Gasteiger partial charge in [-0.05, 0) is 32.4 Å². The fourth-order valence-electron chi connectivity index (χ4n) is 2.53. The van der Waals surface area contributed by atoms with Crippen molar-refractivity contribution >= 4 is 33.5 Å². The second-order valence-electron chi connectivity index (χ2n) is 5.30. The molecule has 2 N–H and O–H groups in total. The van der Waals surface area contributed by atoms with Crippen molar-refractivity contribution in [1.82, 2.24) is 9.97 Å². The number of fused-ring (bicyclic) bond motifs is 1. The maximum atomic E-state index is 12.0. The minimum atomic E-state index is -0.347. The summed E-state index contributed by atoms with van der Waals surface area (Å²) in [4.78, 5) is 21.8. The van der Waals surface area contributed by atoms with Crippen molar-refractivity contribution in [3.05, 3.63) is 40.3 Å². The lowest BCUT2D eigenvalue weighted by Crippen LogP contribution is -2.01. The van der Waals surface area contributed by atoms with Gasteiger partial charge in [0.2, 0.25) is 5.95 Å². The average molecular weight is 327 g/mol. The summed E-state index contributed by atoms with van der Waals surface area (Å²) in [6.45, 7) is 6.20. The van der Waals surface area contributed by atoms with Crippen LogP contribution in [0.15, 0.2) is 24.3 Å². The van der Waals surface area contributed by atoms with Crippen LogP contribution in [0, 0.1) is 13.8 Å². The number of anilines is 1. The zero-order valence-electron chi connectivity index (χ0n) is 13.2. The molecule has 0 saturated carbocycles. The van der Waals surface area contributed by atoms with Gasteiger partial charge in [-0.25, -0.2) is 14.8 Å². The first kappa shape index (κ1) is 15.4. The monoisotopic (exact) mass is 327 g/mol. The Labute approximate surface area is 138 Å². The summed E-state index contributed by atoms with van der Waals surface area (Å²) in [7, 11) is 0. The van der Waals surface area contributed by atoms with Crippen LogP contribution in [0.1, 0.15) is 27.7 Å². The van der Waals surface area contributed by atoms with Crippen molar-refractivity contribution < 1.29 is 9.53 Å². The molecule has 0 unspecified atom stereocenters. The SMILES string of the molecule is CCOC(=O)c1cc2c(-c3ccc(C)cc3C)nc(N)nc2s1. The number of esters is 1. The van der Waals surface area contributed by atoms with Gasteiger partial charge in [-0.1, -0.05) is 23.8 Å². The van der Waals surface area contributed by atoms with Crippen LogP contribution in [-0.4, -0.2) is 22.5 Å². The highest BCUT2D eigenvalue weighted by Crippen LogP contribution is 2.34. The second-order valence-corrected chi connectivity index (χ2v) is 6.33. The van der Waals surface area contributed by atoms with Gasteiger partial charge < -0.3 is 10.5 Å². The predicted molar refractivity (Wildman–Crippen MR) is 92.7 cm³/mol. The molecule has 23 heavy (non-hydrogen) atoms. The van der Waals surface area contributed by atoms with E-state index in [1.54, 1.807) is 13.0 Å². The van der Waals surface area contributed by atoms with Gasteiger partial charge in [-0.2, -0.15) is 0 Å². The van der Waals surface area contributed by atoms with Gasteiger partial charge in [-0.15, -0.1) is 11.3 Å². The normalized spacial score (nSPS) is 10.9. The van der Waals surface area contributed by atoms with Crippen LogP contribution < -0.4 is 5.73 Å². The molecule has 6 heteroatoms. The summed E-state index contributed by atoms with van der Waals surface area (Å²) in [5.74, 6) is -0.148. The number of nitrogen functional groups attached to an aromatic ring is 1. The van der Waals surface area contributed by atoms with Crippen molar-refractivity contribution in [1.29, 1.82) is 0 Å². The molecule has 5 nitrogen and oxygen atoms in total. The van der Waals surface area contributed by atoms with Gasteiger partial charge in [-0.3, -0.25) is 0 Å². The summed E-state index contributed by atoms with van der Waals surface area (Å²) in [5, 5.41) is 0.819. The standard InChI is InChI=1S/C17H17N3O2S/c1-4-22-16(21)13-8-12-14(19-17(18)20-15(12)23-13)11-6-5-9(2)7-10(11)3/h5-8H,4H2,1-3H3,(H2,18,19,20). The molecular formula is C17H17N3O2S. The van der Waals surface area contributed by atoms with Gasteiger partial charge in [0.05, 0.1) is 12.3 Å². The zero-order chi connectivity index (χ0) is 16.6. The molecule has 3 rings (SSSR count). The summed E-state index contributed by atoms with van der Waals surface area (Å²) >= 11 is 1.27. The van der Waals surface area contributed by atoms with E-state index in [0.717, 1.165) is 22.2 Å². The van der Waals surface area contributed by atoms with Gasteiger partial charge in [0.1, 0.15) is 9.71 Å². The number of carbonyl (C=O) groups is 1. The Bertz CT molecular complexity index is 902. The summed E-state index contributed by atoms with van der Waals surface area (Å²) in [5.41, 5.74) is 9.88. The third-order valence-corrected chi connectivity index (χ3v) is 4.53. The molecule has 0 aliphatic heterocycles. The van der Waals surface area contributed by atoms with Crippen LogP contribution in [0.25, 0.3) is 21.5 Å². The predicted octanol–water partition coefficient (Wildman–Crippen LogP) is 3.73. The molecule has 0 fully saturated rings. The van der Waals surface area contributed by atoms with Crippen molar-refractivity contribution in [3.63, 3.8) is 0 Å². The number of nitrogens with two attached hydrogens (primary N) is 1. The highest BCUT2D eigenvalue weighted by molar-refractivity contribution is 7.20. The van der Waals surface area contributed by atoms with E-state index >= 15 is 0 Å². The number of benzene rings is 1. The third kappa shape index (κ3) is 2.90. The minimum Gasteiger partial charge on any atom is -0.462 e. The summed E-state index contributed by atoms with van der Waals surface area (Å²) in [6, 6.07) is 7.93.